The minimum Gasteiger partial charge on any atom is -0.494 e. The molecule has 1 aromatic carbocycles. The molecule has 31 heavy (non-hydrogen) atoms. The molecule has 0 aromatic heterocycles. The lowest BCUT2D eigenvalue weighted by Crippen LogP contribution is -2.31. The topological polar surface area (TPSA) is 71.6 Å². The molecular formula is C24H31N3O3S. The fourth-order valence-electron chi connectivity index (χ4n) is 3.33. The molecule has 7 heteroatoms. The van der Waals surface area contributed by atoms with E-state index in [-0.39, 0.29) is 11.8 Å². The number of amides is 1. The van der Waals surface area contributed by atoms with Crippen molar-refractivity contribution in [2.75, 3.05) is 19.5 Å². The predicted octanol–water partition coefficient (Wildman–Crippen LogP) is 4.80. The van der Waals surface area contributed by atoms with E-state index in [1.165, 1.54) is 0 Å². The van der Waals surface area contributed by atoms with Crippen LogP contribution in [-0.4, -0.2) is 25.1 Å². The third kappa shape index (κ3) is 5.28. The first-order valence-electron chi connectivity index (χ1n) is 10.8. The second-order valence-corrected chi connectivity index (χ2v) is 7.95. The van der Waals surface area contributed by atoms with Crippen molar-refractivity contribution in [3.05, 3.63) is 53.1 Å². The molecule has 166 valence electrons. The quantitative estimate of drug-likeness (QED) is 0.378. The molecule has 1 heterocycles. The zero-order chi connectivity index (χ0) is 22.4. The fourth-order valence-corrected chi connectivity index (χ4v) is 3.51. The first kappa shape index (κ1) is 22.9. The standard InChI is InChI=1S/C24H31N3O3S/c1-5-7-10-17(26-23(28)15-13-14-15)22-20(16(9-6-2)24(31)25-3)27-21-18(29-4)11-8-12-19(21)30-22/h8-12,15,27H,5-7,13-14H2,1-4H3,(H,25,31)(H,26,28)/b16-9-,17-10-. The van der Waals surface area contributed by atoms with Gasteiger partial charge in [-0.3, -0.25) is 4.79 Å². The molecule has 6 nitrogen and oxygen atoms in total. The summed E-state index contributed by atoms with van der Waals surface area (Å²) in [6.45, 7) is 4.16. The van der Waals surface area contributed by atoms with E-state index in [9.17, 15) is 4.79 Å². The Kier molecular flexibility index (Phi) is 7.74. The van der Waals surface area contributed by atoms with Gasteiger partial charge in [0.2, 0.25) is 5.91 Å². The largest absolute Gasteiger partial charge is 0.494 e. The number of hydrogen-bond donors (Lipinski definition) is 3. The number of rotatable bonds is 9. The zero-order valence-electron chi connectivity index (χ0n) is 18.6. The Morgan fingerprint density at radius 1 is 1.32 bits per heavy atom. The number of anilines is 1. The summed E-state index contributed by atoms with van der Waals surface area (Å²) < 4.78 is 11.9. The Bertz CT molecular complexity index is 945. The lowest BCUT2D eigenvalue weighted by molar-refractivity contribution is -0.121. The molecule has 0 spiro atoms. The lowest BCUT2D eigenvalue weighted by Gasteiger charge is -2.29. The maximum Gasteiger partial charge on any atom is 0.227 e. The molecule has 0 atom stereocenters. The highest BCUT2D eigenvalue weighted by atomic mass is 32.1. The van der Waals surface area contributed by atoms with E-state index >= 15 is 0 Å². The molecule has 3 N–H and O–H groups in total. The monoisotopic (exact) mass is 441 g/mol. The number of thiocarbonyl (C=S) groups is 1. The van der Waals surface area contributed by atoms with Gasteiger partial charge in [-0.05, 0) is 37.8 Å². The molecule has 0 unspecified atom stereocenters. The minimum atomic E-state index is 0.0338. The average molecular weight is 442 g/mol. The molecule has 1 aliphatic carbocycles. The van der Waals surface area contributed by atoms with Gasteiger partial charge >= 0.3 is 0 Å². The number of fused-ring (bicyclic) bond motifs is 1. The zero-order valence-corrected chi connectivity index (χ0v) is 19.4. The smallest absolute Gasteiger partial charge is 0.227 e. The summed E-state index contributed by atoms with van der Waals surface area (Å²) in [5, 5.41) is 9.65. The van der Waals surface area contributed by atoms with Gasteiger partial charge in [0.15, 0.2) is 11.5 Å². The first-order valence-corrected chi connectivity index (χ1v) is 11.2. The Labute approximate surface area is 189 Å². The van der Waals surface area contributed by atoms with Crippen LogP contribution < -0.4 is 25.4 Å². The van der Waals surface area contributed by atoms with Gasteiger partial charge in [-0.25, -0.2) is 0 Å². The number of likely N-dealkylation sites (N-methyl/N-ethyl adjacent to an activating group) is 1. The van der Waals surface area contributed by atoms with E-state index in [1.807, 2.05) is 30.4 Å². The number of methoxy groups -OCH3 is 1. The first-order chi connectivity index (χ1) is 15.0. The van der Waals surface area contributed by atoms with Crippen LogP contribution in [0.3, 0.4) is 0 Å². The van der Waals surface area contributed by atoms with Crippen LogP contribution in [0.5, 0.6) is 11.5 Å². The molecule has 2 aliphatic rings. The van der Waals surface area contributed by atoms with Crippen molar-refractivity contribution in [1.29, 1.82) is 0 Å². The molecule has 3 rings (SSSR count). The second-order valence-electron chi connectivity index (χ2n) is 7.54. The molecule has 1 amide bonds. The number of nitrogens with one attached hydrogen (secondary N) is 3. The highest BCUT2D eigenvalue weighted by Gasteiger charge is 2.33. The van der Waals surface area contributed by atoms with Gasteiger partial charge < -0.3 is 25.4 Å². The van der Waals surface area contributed by atoms with Gasteiger partial charge in [0, 0.05) is 18.5 Å². The Morgan fingerprint density at radius 2 is 2.10 bits per heavy atom. The minimum absolute atomic E-state index is 0.0338. The van der Waals surface area contributed by atoms with Crippen molar-refractivity contribution in [2.45, 2.75) is 46.0 Å². The van der Waals surface area contributed by atoms with Crippen LogP contribution in [0.2, 0.25) is 0 Å². The van der Waals surface area contributed by atoms with E-state index in [0.717, 1.165) is 43.4 Å². The van der Waals surface area contributed by atoms with Crippen molar-refractivity contribution in [3.63, 3.8) is 0 Å². The molecule has 0 radical (unpaired) electrons. The van der Waals surface area contributed by atoms with Gasteiger partial charge in [-0.15, -0.1) is 0 Å². The molecule has 1 aromatic rings. The van der Waals surface area contributed by atoms with Gasteiger partial charge in [0.25, 0.3) is 0 Å². The number of ether oxygens (including phenoxy) is 2. The number of hydrogen-bond acceptors (Lipinski definition) is 5. The van der Waals surface area contributed by atoms with E-state index in [0.29, 0.717) is 33.6 Å². The Morgan fingerprint density at radius 3 is 2.71 bits per heavy atom. The van der Waals surface area contributed by atoms with E-state index < -0.39 is 0 Å². The summed E-state index contributed by atoms with van der Waals surface area (Å²) in [4.78, 5) is 13.2. The van der Waals surface area contributed by atoms with Crippen LogP contribution in [-0.2, 0) is 4.79 Å². The van der Waals surface area contributed by atoms with E-state index in [4.69, 9.17) is 21.7 Å². The van der Waals surface area contributed by atoms with Gasteiger partial charge in [-0.2, -0.15) is 0 Å². The third-order valence-corrected chi connectivity index (χ3v) is 5.56. The SMILES string of the molecule is CC/C=C(\C(=S)NC)C1=C(/C(=C/CCC)NC(=O)C2CC2)Oc2cccc(OC)c2N1. The van der Waals surface area contributed by atoms with Crippen LogP contribution in [0.25, 0.3) is 0 Å². The van der Waals surface area contributed by atoms with Gasteiger partial charge in [0.05, 0.1) is 18.5 Å². The van der Waals surface area contributed by atoms with Crippen molar-refractivity contribution in [1.82, 2.24) is 10.6 Å². The van der Waals surface area contributed by atoms with E-state index in [2.05, 4.69) is 29.8 Å². The summed E-state index contributed by atoms with van der Waals surface area (Å²) in [6.07, 6.45) is 8.49. The predicted molar refractivity (Wildman–Crippen MR) is 128 cm³/mol. The highest BCUT2D eigenvalue weighted by Crippen LogP contribution is 2.42. The van der Waals surface area contributed by atoms with Gasteiger partial charge in [-0.1, -0.05) is 50.7 Å². The number of unbranched alkanes of at least 4 members (excludes halogenated alkanes) is 1. The summed E-state index contributed by atoms with van der Waals surface area (Å²) in [7, 11) is 3.42. The summed E-state index contributed by atoms with van der Waals surface area (Å²) in [5.41, 5.74) is 2.91. The summed E-state index contributed by atoms with van der Waals surface area (Å²) >= 11 is 5.60. The number of allylic oxidation sites excluding steroid dienone is 2. The number of carbonyl (C=O) groups excluding carboxylic acids is 1. The van der Waals surface area contributed by atoms with Crippen LogP contribution in [0.15, 0.2) is 53.1 Å². The van der Waals surface area contributed by atoms with Crippen LogP contribution >= 0.6 is 12.2 Å². The van der Waals surface area contributed by atoms with Gasteiger partial charge in [0.1, 0.15) is 16.4 Å². The van der Waals surface area contributed by atoms with E-state index in [1.54, 1.807) is 14.2 Å². The van der Waals surface area contributed by atoms with Crippen LogP contribution in [0.1, 0.15) is 46.0 Å². The fraction of sp³-hybridized carbons (Fsp3) is 0.417. The maximum absolute atomic E-state index is 12.6. The molecule has 1 saturated carbocycles. The van der Waals surface area contributed by atoms with Crippen molar-refractivity contribution in [2.24, 2.45) is 5.92 Å². The lowest BCUT2D eigenvalue weighted by atomic mass is 10.0. The van der Waals surface area contributed by atoms with Crippen molar-refractivity contribution < 1.29 is 14.3 Å². The molecule has 1 fully saturated rings. The Balaban J connectivity index is 2.14. The molecular weight excluding hydrogens is 410 g/mol. The number of benzene rings is 1. The van der Waals surface area contributed by atoms with Crippen LogP contribution in [0, 0.1) is 5.92 Å². The summed E-state index contributed by atoms with van der Waals surface area (Å²) in [6, 6.07) is 5.63. The maximum atomic E-state index is 12.6. The molecule has 1 aliphatic heterocycles. The third-order valence-electron chi connectivity index (χ3n) is 5.13. The molecule has 0 saturated heterocycles. The number of carbonyl (C=O) groups is 1. The number of para-hydroxylation sites is 1. The second kappa shape index (κ2) is 10.5. The highest BCUT2D eigenvalue weighted by molar-refractivity contribution is 7.80. The average Bonchev–Trinajstić information content (AvgIpc) is 3.64. The van der Waals surface area contributed by atoms with Crippen LogP contribution in [0.4, 0.5) is 5.69 Å². The van der Waals surface area contributed by atoms with Crippen molar-refractivity contribution in [3.8, 4) is 11.5 Å². The molecule has 0 bridgehead atoms. The Hall–Kier alpha value is -2.80. The summed E-state index contributed by atoms with van der Waals surface area (Å²) in [5.74, 6) is 1.97. The normalized spacial score (nSPS) is 16.1. The van der Waals surface area contributed by atoms with Crippen molar-refractivity contribution >= 4 is 28.8 Å².